The van der Waals surface area contributed by atoms with Crippen molar-refractivity contribution in [1.82, 2.24) is 5.43 Å². The van der Waals surface area contributed by atoms with Gasteiger partial charge in [-0.15, -0.1) is 0 Å². The normalized spacial score (nSPS) is 9.88. The van der Waals surface area contributed by atoms with Crippen LogP contribution >= 0.6 is 0 Å². The van der Waals surface area contributed by atoms with E-state index >= 15 is 0 Å². The molecule has 0 radical (unpaired) electrons. The molecule has 1 rings (SSSR count). The molecule has 16 heavy (non-hydrogen) atoms. The lowest BCUT2D eigenvalue weighted by atomic mass is 10.2. The average molecular weight is 222 g/mol. The summed E-state index contributed by atoms with van der Waals surface area (Å²) in [6.07, 6.45) is 3.27. The average Bonchev–Trinajstić information content (AvgIpc) is 2.34. The molecule has 4 nitrogen and oxygen atoms in total. The van der Waals surface area contributed by atoms with Crippen LogP contribution in [0.25, 0.3) is 0 Å². The zero-order valence-electron chi connectivity index (χ0n) is 9.53. The third-order valence-electron chi connectivity index (χ3n) is 2.27. The number of nitrogens with one attached hydrogen (secondary N) is 1. The number of rotatable bonds is 6. The van der Waals surface area contributed by atoms with Gasteiger partial charge in [-0.25, -0.2) is 5.84 Å². The molecule has 0 atom stereocenters. The fourth-order valence-electron chi connectivity index (χ4n) is 1.39. The van der Waals surface area contributed by atoms with Crippen LogP contribution in [-0.2, 0) is 0 Å². The monoisotopic (exact) mass is 222 g/mol. The smallest absolute Gasteiger partial charge is 0.268 e. The number of carbonyl (C=O) groups is 1. The Labute approximate surface area is 95.8 Å². The van der Waals surface area contributed by atoms with E-state index in [1.807, 2.05) is 6.07 Å². The van der Waals surface area contributed by atoms with Crippen LogP contribution in [0, 0.1) is 0 Å². The lowest BCUT2D eigenvalue weighted by Gasteiger charge is -2.09. The van der Waals surface area contributed by atoms with Crippen LogP contribution in [-0.4, -0.2) is 12.5 Å². The number of para-hydroxylation sites is 1. The third-order valence-corrected chi connectivity index (χ3v) is 2.27. The SMILES string of the molecule is CCCCCOc1ccccc1C(=O)NN. The van der Waals surface area contributed by atoms with Crippen LogP contribution in [0.15, 0.2) is 24.3 Å². The van der Waals surface area contributed by atoms with E-state index in [9.17, 15) is 4.79 Å². The van der Waals surface area contributed by atoms with Gasteiger partial charge in [0.1, 0.15) is 5.75 Å². The molecule has 0 bridgehead atoms. The lowest BCUT2D eigenvalue weighted by molar-refractivity contribution is 0.0949. The summed E-state index contributed by atoms with van der Waals surface area (Å²) >= 11 is 0. The number of ether oxygens (including phenoxy) is 1. The van der Waals surface area contributed by atoms with Gasteiger partial charge in [0.05, 0.1) is 12.2 Å². The standard InChI is InChI=1S/C12H18N2O2/c1-2-3-6-9-16-11-8-5-4-7-10(11)12(15)14-13/h4-5,7-8H,2-3,6,9,13H2,1H3,(H,14,15). The minimum Gasteiger partial charge on any atom is -0.493 e. The highest BCUT2D eigenvalue weighted by Crippen LogP contribution is 2.17. The summed E-state index contributed by atoms with van der Waals surface area (Å²) in [4.78, 5) is 11.4. The van der Waals surface area contributed by atoms with Crippen LogP contribution in [0.5, 0.6) is 5.75 Å². The van der Waals surface area contributed by atoms with E-state index in [1.165, 1.54) is 0 Å². The molecule has 4 heteroatoms. The van der Waals surface area contributed by atoms with Gasteiger partial charge in [0.25, 0.3) is 5.91 Å². The first kappa shape index (κ1) is 12.5. The summed E-state index contributed by atoms with van der Waals surface area (Å²) in [5.74, 6) is 5.35. The van der Waals surface area contributed by atoms with Gasteiger partial charge in [0.15, 0.2) is 0 Å². The molecular weight excluding hydrogens is 204 g/mol. The Kier molecular flexibility index (Phi) is 5.36. The first-order valence-corrected chi connectivity index (χ1v) is 5.52. The molecule has 0 aliphatic carbocycles. The van der Waals surface area contributed by atoms with Crippen LogP contribution in [0.4, 0.5) is 0 Å². The Morgan fingerprint density at radius 3 is 2.81 bits per heavy atom. The molecule has 3 N–H and O–H groups in total. The van der Waals surface area contributed by atoms with E-state index in [0.29, 0.717) is 17.9 Å². The largest absolute Gasteiger partial charge is 0.493 e. The van der Waals surface area contributed by atoms with Crippen LogP contribution in [0.2, 0.25) is 0 Å². The summed E-state index contributed by atoms with van der Waals surface area (Å²) in [6.45, 7) is 2.76. The van der Waals surface area contributed by atoms with E-state index < -0.39 is 0 Å². The summed E-state index contributed by atoms with van der Waals surface area (Å²) in [7, 11) is 0. The summed E-state index contributed by atoms with van der Waals surface area (Å²) < 4.78 is 5.55. The minimum absolute atomic E-state index is 0.328. The maximum Gasteiger partial charge on any atom is 0.268 e. The molecular formula is C12H18N2O2. The van der Waals surface area contributed by atoms with Gasteiger partial charge in [-0.2, -0.15) is 0 Å². The summed E-state index contributed by atoms with van der Waals surface area (Å²) in [5.41, 5.74) is 2.58. The Bertz CT molecular complexity index is 340. The third kappa shape index (κ3) is 3.55. The molecule has 0 spiro atoms. The molecule has 0 saturated carbocycles. The molecule has 0 heterocycles. The molecule has 0 aromatic heterocycles. The van der Waals surface area contributed by atoms with Gasteiger partial charge in [0.2, 0.25) is 0 Å². The number of hydrogen-bond donors (Lipinski definition) is 2. The molecule has 88 valence electrons. The Balaban J connectivity index is 2.60. The number of benzene rings is 1. The predicted molar refractivity (Wildman–Crippen MR) is 63.1 cm³/mol. The van der Waals surface area contributed by atoms with Crippen LogP contribution in [0.1, 0.15) is 36.5 Å². The van der Waals surface area contributed by atoms with Crippen molar-refractivity contribution in [1.29, 1.82) is 0 Å². The van der Waals surface area contributed by atoms with Gasteiger partial charge < -0.3 is 4.74 Å². The maximum atomic E-state index is 11.4. The van der Waals surface area contributed by atoms with E-state index in [2.05, 4.69) is 12.3 Å². The van der Waals surface area contributed by atoms with Crippen molar-refractivity contribution in [3.05, 3.63) is 29.8 Å². The van der Waals surface area contributed by atoms with Gasteiger partial charge in [0, 0.05) is 0 Å². The first-order chi connectivity index (χ1) is 7.79. The van der Waals surface area contributed by atoms with Crippen molar-refractivity contribution in [3.63, 3.8) is 0 Å². The van der Waals surface area contributed by atoms with Crippen molar-refractivity contribution in [2.45, 2.75) is 26.2 Å². The zero-order valence-corrected chi connectivity index (χ0v) is 9.53. The Morgan fingerprint density at radius 1 is 1.38 bits per heavy atom. The van der Waals surface area contributed by atoms with Crippen molar-refractivity contribution < 1.29 is 9.53 Å². The summed E-state index contributed by atoms with van der Waals surface area (Å²) in [5, 5.41) is 0. The lowest BCUT2D eigenvalue weighted by Crippen LogP contribution is -2.30. The highest BCUT2D eigenvalue weighted by atomic mass is 16.5. The minimum atomic E-state index is -0.328. The van der Waals surface area contributed by atoms with Gasteiger partial charge >= 0.3 is 0 Å². The molecule has 0 aliphatic heterocycles. The topological polar surface area (TPSA) is 64.3 Å². The second-order valence-electron chi connectivity index (χ2n) is 3.53. The van der Waals surface area contributed by atoms with Crippen LogP contribution in [0.3, 0.4) is 0 Å². The van der Waals surface area contributed by atoms with Gasteiger partial charge in [-0.3, -0.25) is 10.2 Å². The molecule has 0 aliphatic rings. The number of carbonyl (C=O) groups excluding carboxylic acids is 1. The molecule has 0 saturated heterocycles. The van der Waals surface area contributed by atoms with Crippen LogP contribution < -0.4 is 16.0 Å². The van der Waals surface area contributed by atoms with Crippen molar-refractivity contribution in [2.24, 2.45) is 5.84 Å². The number of hydrogen-bond acceptors (Lipinski definition) is 3. The highest BCUT2D eigenvalue weighted by molar-refractivity contribution is 5.96. The fourth-order valence-corrected chi connectivity index (χ4v) is 1.39. The maximum absolute atomic E-state index is 11.4. The zero-order chi connectivity index (χ0) is 11.8. The van der Waals surface area contributed by atoms with E-state index in [-0.39, 0.29) is 5.91 Å². The Morgan fingerprint density at radius 2 is 2.12 bits per heavy atom. The van der Waals surface area contributed by atoms with E-state index in [0.717, 1.165) is 19.3 Å². The van der Waals surface area contributed by atoms with Crippen molar-refractivity contribution in [2.75, 3.05) is 6.61 Å². The van der Waals surface area contributed by atoms with Crippen molar-refractivity contribution in [3.8, 4) is 5.75 Å². The number of hydrazine groups is 1. The molecule has 0 unspecified atom stereocenters. The second kappa shape index (κ2) is 6.85. The molecule has 1 amide bonds. The Hall–Kier alpha value is -1.55. The fraction of sp³-hybridized carbons (Fsp3) is 0.417. The number of amides is 1. The molecule has 1 aromatic carbocycles. The number of nitrogens with two attached hydrogens (primary N) is 1. The highest BCUT2D eigenvalue weighted by Gasteiger charge is 2.09. The van der Waals surface area contributed by atoms with Crippen molar-refractivity contribution >= 4 is 5.91 Å². The number of unbranched alkanes of at least 4 members (excludes halogenated alkanes) is 2. The number of nitrogen functional groups attached to an aromatic ring is 1. The van der Waals surface area contributed by atoms with E-state index in [4.69, 9.17) is 10.6 Å². The second-order valence-corrected chi connectivity index (χ2v) is 3.53. The molecule has 0 fully saturated rings. The summed E-state index contributed by atoms with van der Waals surface area (Å²) in [6, 6.07) is 7.08. The molecule has 1 aromatic rings. The van der Waals surface area contributed by atoms with Gasteiger partial charge in [-0.1, -0.05) is 31.9 Å². The van der Waals surface area contributed by atoms with Gasteiger partial charge in [-0.05, 0) is 18.6 Å². The predicted octanol–water partition coefficient (Wildman–Crippen LogP) is 1.86. The quantitative estimate of drug-likeness (QED) is 0.334. The van der Waals surface area contributed by atoms with E-state index in [1.54, 1.807) is 18.2 Å². The first-order valence-electron chi connectivity index (χ1n) is 5.52.